The first-order chi connectivity index (χ1) is 6.91. The van der Waals surface area contributed by atoms with Crippen LogP contribution in [0.5, 0.6) is 0 Å². The Morgan fingerprint density at radius 1 is 1.47 bits per heavy atom. The van der Waals surface area contributed by atoms with Crippen LogP contribution < -0.4 is 5.56 Å². The molecule has 0 amide bonds. The normalized spacial score (nSPS) is 13.2. The summed E-state index contributed by atoms with van der Waals surface area (Å²) in [5, 5.41) is 0.269. The minimum Gasteiger partial charge on any atom is -0.294 e. The van der Waals surface area contributed by atoms with E-state index in [-0.39, 0.29) is 16.8 Å². The van der Waals surface area contributed by atoms with Gasteiger partial charge in [0.1, 0.15) is 11.0 Å². The Kier molecular flexibility index (Phi) is 3.91. The number of aryl methyl sites for hydroxylation is 1. The van der Waals surface area contributed by atoms with Crippen molar-refractivity contribution in [3.8, 4) is 0 Å². The minimum atomic E-state index is -0.0688. The second-order valence-electron chi connectivity index (χ2n) is 4.31. The molecule has 0 aliphatic heterocycles. The van der Waals surface area contributed by atoms with Gasteiger partial charge in [0, 0.05) is 12.1 Å². The van der Waals surface area contributed by atoms with Gasteiger partial charge in [-0.05, 0) is 26.2 Å². The molecule has 0 saturated carbocycles. The Morgan fingerprint density at radius 3 is 2.53 bits per heavy atom. The summed E-state index contributed by atoms with van der Waals surface area (Å²) in [6.07, 6.45) is 0.962. The van der Waals surface area contributed by atoms with Gasteiger partial charge < -0.3 is 0 Å². The lowest BCUT2D eigenvalue weighted by Crippen LogP contribution is -2.26. The first-order valence-corrected chi connectivity index (χ1v) is 5.55. The largest absolute Gasteiger partial charge is 0.294 e. The van der Waals surface area contributed by atoms with Crippen molar-refractivity contribution in [3.63, 3.8) is 0 Å². The predicted molar refractivity (Wildman–Crippen MR) is 62.4 cm³/mol. The van der Waals surface area contributed by atoms with Crippen LogP contribution in [0, 0.1) is 12.8 Å². The fraction of sp³-hybridized carbons (Fsp3) is 0.636. The van der Waals surface area contributed by atoms with E-state index >= 15 is 0 Å². The quantitative estimate of drug-likeness (QED) is 0.746. The first-order valence-electron chi connectivity index (χ1n) is 5.17. The van der Waals surface area contributed by atoms with Crippen LogP contribution in [-0.4, -0.2) is 9.55 Å². The monoisotopic (exact) mass is 228 g/mol. The smallest absolute Gasteiger partial charge is 0.255 e. The molecule has 84 valence electrons. The van der Waals surface area contributed by atoms with Gasteiger partial charge in [-0.3, -0.25) is 9.36 Å². The molecule has 1 heterocycles. The number of nitrogens with zero attached hydrogens (tertiary/aromatic N) is 2. The molecule has 0 bridgehead atoms. The Labute approximate surface area is 95.1 Å². The highest BCUT2D eigenvalue weighted by Crippen LogP contribution is 2.16. The Balaban J connectivity index is 3.09. The van der Waals surface area contributed by atoms with Crippen LogP contribution in [-0.2, 0) is 0 Å². The van der Waals surface area contributed by atoms with Crippen LogP contribution in [0.25, 0.3) is 0 Å². The molecule has 1 atom stereocenters. The number of hydrogen-bond donors (Lipinski definition) is 0. The highest BCUT2D eigenvalue weighted by molar-refractivity contribution is 6.29. The summed E-state index contributed by atoms with van der Waals surface area (Å²) in [4.78, 5) is 15.8. The van der Waals surface area contributed by atoms with Gasteiger partial charge >= 0.3 is 0 Å². The van der Waals surface area contributed by atoms with E-state index < -0.39 is 0 Å². The topological polar surface area (TPSA) is 34.9 Å². The number of hydrogen-bond acceptors (Lipinski definition) is 2. The van der Waals surface area contributed by atoms with Gasteiger partial charge in [-0.1, -0.05) is 25.4 Å². The molecule has 0 spiro atoms. The fourth-order valence-corrected chi connectivity index (χ4v) is 2.11. The van der Waals surface area contributed by atoms with Crippen LogP contribution in [0.4, 0.5) is 0 Å². The van der Waals surface area contributed by atoms with Gasteiger partial charge in [0.25, 0.3) is 5.56 Å². The third-order valence-corrected chi connectivity index (χ3v) is 2.54. The highest BCUT2D eigenvalue weighted by atomic mass is 35.5. The van der Waals surface area contributed by atoms with Gasteiger partial charge in [0.2, 0.25) is 0 Å². The zero-order valence-electron chi connectivity index (χ0n) is 9.62. The average Bonchev–Trinajstić information content (AvgIpc) is 1.99. The van der Waals surface area contributed by atoms with Crippen molar-refractivity contribution in [1.82, 2.24) is 9.55 Å². The SMILES string of the molecule is Cc1nc(Cl)cc(=O)n1C(C)CC(C)C. The van der Waals surface area contributed by atoms with Gasteiger partial charge in [-0.2, -0.15) is 0 Å². The van der Waals surface area contributed by atoms with Crippen molar-refractivity contribution in [2.24, 2.45) is 5.92 Å². The zero-order chi connectivity index (χ0) is 11.6. The van der Waals surface area contributed by atoms with Crippen LogP contribution in [0.3, 0.4) is 0 Å². The van der Waals surface area contributed by atoms with Crippen LogP contribution in [0.1, 0.15) is 39.1 Å². The highest BCUT2D eigenvalue weighted by Gasteiger charge is 2.12. The maximum absolute atomic E-state index is 11.7. The number of rotatable bonds is 3. The molecule has 1 rings (SSSR count). The van der Waals surface area contributed by atoms with E-state index in [1.807, 2.05) is 13.8 Å². The molecule has 0 fully saturated rings. The van der Waals surface area contributed by atoms with E-state index in [2.05, 4.69) is 18.8 Å². The first kappa shape index (κ1) is 12.2. The van der Waals surface area contributed by atoms with Gasteiger partial charge in [0.15, 0.2) is 0 Å². The van der Waals surface area contributed by atoms with Gasteiger partial charge in [-0.25, -0.2) is 4.98 Å². The number of aromatic nitrogens is 2. The third kappa shape index (κ3) is 3.06. The summed E-state index contributed by atoms with van der Waals surface area (Å²) >= 11 is 5.71. The van der Waals surface area contributed by atoms with E-state index in [0.717, 1.165) is 6.42 Å². The molecule has 1 aromatic heterocycles. The molecule has 0 radical (unpaired) electrons. The molecule has 1 aromatic rings. The van der Waals surface area contributed by atoms with E-state index in [1.165, 1.54) is 6.07 Å². The average molecular weight is 229 g/mol. The zero-order valence-corrected chi connectivity index (χ0v) is 10.4. The molecule has 0 aromatic carbocycles. The molecule has 0 N–H and O–H groups in total. The molecule has 3 nitrogen and oxygen atoms in total. The Morgan fingerprint density at radius 2 is 2.07 bits per heavy atom. The van der Waals surface area contributed by atoms with E-state index in [9.17, 15) is 4.79 Å². The maximum atomic E-state index is 11.7. The van der Waals surface area contributed by atoms with E-state index in [0.29, 0.717) is 11.7 Å². The molecule has 4 heteroatoms. The second-order valence-corrected chi connectivity index (χ2v) is 4.70. The Bertz CT molecular complexity index is 398. The predicted octanol–water partition coefficient (Wildman–Crippen LogP) is 2.81. The molecule has 0 saturated heterocycles. The van der Waals surface area contributed by atoms with Crippen molar-refractivity contribution in [1.29, 1.82) is 0 Å². The van der Waals surface area contributed by atoms with Crippen molar-refractivity contribution in [2.45, 2.75) is 40.2 Å². The minimum absolute atomic E-state index is 0.0688. The van der Waals surface area contributed by atoms with Crippen LogP contribution >= 0.6 is 11.6 Å². The lowest BCUT2D eigenvalue weighted by atomic mass is 10.1. The summed E-state index contributed by atoms with van der Waals surface area (Å²) in [6, 6.07) is 1.54. The summed E-state index contributed by atoms with van der Waals surface area (Å²) in [5.41, 5.74) is -0.0688. The summed E-state index contributed by atoms with van der Waals surface area (Å²) in [7, 11) is 0. The molecule has 1 unspecified atom stereocenters. The van der Waals surface area contributed by atoms with Crippen LogP contribution in [0.15, 0.2) is 10.9 Å². The van der Waals surface area contributed by atoms with Crippen molar-refractivity contribution in [3.05, 3.63) is 27.4 Å². The van der Waals surface area contributed by atoms with Crippen molar-refractivity contribution in [2.75, 3.05) is 0 Å². The molecule has 0 aliphatic carbocycles. The maximum Gasteiger partial charge on any atom is 0.255 e. The third-order valence-electron chi connectivity index (χ3n) is 2.35. The molecular formula is C11H17ClN2O. The fourth-order valence-electron chi connectivity index (χ4n) is 1.90. The van der Waals surface area contributed by atoms with Crippen molar-refractivity contribution < 1.29 is 0 Å². The van der Waals surface area contributed by atoms with Crippen molar-refractivity contribution >= 4 is 11.6 Å². The summed E-state index contributed by atoms with van der Waals surface area (Å²) in [6.45, 7) is 8.12. The standard InChI is InChI=1S/C11H17ClN2O/c1-7(2)5-8(3)14-9(4)13-10(12)6-11(14)15/h6-8H,5H2,1-4H3. The van der Waals surface area contributed by atoms with Gasteiger partial charge in [-0.15, -0.1) is 0 Å². The summed E-state index contributed by atoms with van der Waals surface area (Å²) < 4.78 is 1.70. The second kappa shape index (κ2) is 4.79. The Hall–Kier alpha value is -0.830. The lowest BCUT2D eigenvalue weighted by Gasteiger charge is -2.18. The molecule has 15 heavy (non-hydrogen) atoms. The lowest BCUT2D eigenvalue weighted by molar-refractivity contribution is 0.408. The number of halogens is 1. The van der Waals surface area contributed by atoms with E-state index in [1.54, 1.807) is 4.57 Å². The van der Waals surface area contributed by atoms with E-state index in [4.69, 9.17) is 11.6 Å². The molecular weight excluding hydrogens is 212 g/mol. The summed E-state index contributed by atoms with van der Waals surface area (Å²) in [5.74, 6) is 1.24. The molecule has 0 aliphatic rings. The van der Waals surface area contributed by atoms with Gasteiger partial charge in [0.05, 0.1) is 0 Å². The van der Waals surface area contributed by atoms with Crippen LogP contribution in [0.2, 0.25) is 5.15 Å².